The number of likely N-dealkylation sites (tertiary alicyclic amines) is 1. The second-order valence-electron chi connectivity index (χ2n) is 5.37. The number of carbonyl (C=O) groups is 3. The first-order chi connectivity index (χ1) is 8.55. The standard InChI is InChI=1S/C13H19NO4/c15-10-9-13(6-2-3-7-13)12(18)14(10)8-4-1-5-11(16)17/h1-9H2,(H,16,17). The van der Waals surface area contributed by atoms with Crippen molar-refractivity contribution in [3.05, 3.63) is 0 Å². The Labute approximate surface area is 106 Å². The van der Waals surface area contributed by atoms with Gasteiger partial charge >= 0.3 is 5.97 Å². The van der Waals surface area contributed by atoms with Gasteiger partial charge in [-0.25, -0.2) is 0 Å². The van der Waals surface area contributed by atoms with Gasteiger partial charge in [-0.1, -0.05) is 12.8 Å². The molecule has 2 fully saturated rings. The van der Waals surface area contributed by atoms with Crippen molar-refractivity contribution in [2.45, 2.75) is 51.4 Å². The van der Waals surface area contributed by atoms with Crippen molar-refractivity contribution >= 4 is 17.8 Å². The van der Waals surface area contributed by atoms with Crippen LogP contribution in [-0.2, 0) is 14.4 Å². The number of carboxylic acids is 1. The minimum Gasteiger partial charge on any atom is -0.481 e. The Morgan fingerprint density at radius 2 is 1.89 bits per heavy atom. The molecule has 18 heavy (non-hydrogen) atoms. The third-order valence-electron chi connectivity index (χ3n) is 4.07. The highest BCUT2D eigenvalue weighted by atomic mass is 16.4. The first-order valence-electron chi connectivity index (χ1n) is 6.62. The van der Waals surface area contributed by atoms with Crippen LogP contribution in [0.1, 0.15) is 51.4 Å². The fourth-order valence-corrected chi connectivity index (χ4v) is 3.07. The quantitative estimate of drug-likeness (QED) is 0.596. The highest BCUT2D eigenvalue weighted by Gasteiger charge is 2.52. The maximum Gasteiger partial charge on any atom is 0.303 e. The summed E-state index contributed by atoms with van der Waals surface area (Å²) < 4.78 is 0. The molecule has 0 aromatic rings. The first kappa shape index (κ1) is 13.1. The van der Waals surface area contributed by atoms with Crippen LogP contribution in [0.25, 0.3) is 0 Å². The summed E-state index contributed by atoms with van der Waals surface area (Å²) in [6, 6.07) is 0. The van der Waals surface area contributed by atoms with Gasteiger partial charge in [-0.05, 0) is 25.7 Å². The number of carbonyl (C=O) groups excluding carboxylic acids is 2. The molecule has 1 aliphatic carbocycles. The summed E-state index contributed by atoms with van der Waals surface area (Å²) in [6.45, 7) is 0.382. The molecule has 0 aromatic heterocycles. The number of hydrogen-bond acceptors (Lipinski definition) is 3. The van der Waals surface area contributed by atoms with E-state index in [0.29, 0.717) is 25.8 Å². The van der Waals surface area contributed by atoms with Crippen LogP contribution < -0.4 is 0 Å². The van der Waals surface area contributed by atoms with Crippen molar-refractivity contribution in [2.24, 2.45) is 5.41 Å². The molecule has 1 spiro atoms. The third kappa shape index (κ3) is 2.40. The van der Waals surface area contributed by atoms with Gasteiger partial charge < -0.3 is 5.11 Å². The van der Waals surface area contributed by atoms with Gasteiger partial charge in [-0.15, -0.1) is 0 Å². The van der Waals surface area contributed by atoms with E-state index >= 15 is 0 Å². The average molecular weight is 253 g/mol. The number of aliphatic carboxylic acids is 1. The van der Waals surface area contributed by atoms with E-state index in [1.54, 1.807) is 0 Å². The van der Waals surface area contributed by atoms with Crippen LogP contribution in [0.2, 0.25) is 0 Å². The average Bonchev–Trinajstić information content (AvgIpc) is 2.85. The van der Waals surface area contributed by atoms with Gasteiger partial charge in [-0.3, -0.25) is 19.3 Å². The molecule has 5 nitrogen and oxygen atoms in total. The lowest BCUT2D eigenvalue weighted by Gasteiger charge is -2.20. The Morgan fingerprint density at radius 1 is 1.22 bits per heavy atom. The molecule has 2 rings (SSSR count). The van der Waals surface area contributed by atoms with E-state index in [9.17, 15) is 14.4 Å². The zero-order valence-corrected chi connectivity index (χ0v) is 10.5. The molecule has 2 amide bonds. The van der Waals surface area contributed by atoms with Crippen LogP contribution in [0, 0.1) is 5.41 Å². The Bertz CT molecular complexity index is 371. The molecule has 0 bridgehead atoms. The Hall–Kier alpha value is -1.39. The molecule has 5 heteroatoms. The second-order valence-corrected chi connectivity index (χ2v) is 5.37. The molecule has 0 aromatic carbocycles. The summed E-state index contributed by atoms with van der Waals surface area (Å²) in [7, 11) is 0. The smallest absolute Gasteiger partial charge is 0.303 e. The van der Waals surface area contributed by atoms with Crippen LogP contribution in [0.4, 0.5) is 0 Å². The lowest BCUT2D eigenvalue weighted by atomic mass is 9.84. The van der Waals surface area contributed by atoms with E-state index in [2.05, 4.69) is 0 Å². The van der Waals surface area contributed by atoms with Crippen molar-refractivity contribution in [3.8, 4) is 0 Å². The normalized spacial score (nSPS) is 22.1. The van der Waals surface area contributed by atoms with Crippen LogP contribution in [0.15, 0.2) is 0 Å². The summed E-state index contributed by atoms with van der Waals surface area (Å²) in [5.74, 6) is -0.918. The number of hydrogen-bond donors (Lipinski definition) is 1. The number of nitrogens with zero attached hydrogens (tertiary/aromatic N) is 1. The Kier molecular flexibility index (Phi) is 3.68. The molecule has 1 heterocycles. The Morgan fingerprint density at radius 3 is 2.50 bits per heavy atom. The van der Waals surface area contributed by atoms with E-state index < -0.39 is 11.4 Å². The van der Waals surface area contributed by atoms with Gasteiger partial charge in [0.15, 0.2) is 0 Å². The van der Waals surface area contributed by atoms with Crippen molar-refractivity contribution in [1.82, 2.24) is 4.90 Å². The van der Waals surface area contributed by atoms with Gasteiger partial charge in [-0.2, -0.15) is 0 Å². The van der Waals surface area contributed by atoms with E-state index in [4.69, 9.17) is 5.11 Å². The lowest BCUT2D eigenvalue weighted by Crippen LogP contribution is -2.35. The SMILES string of the molecule is O=C(O)CCCCN1C(=O)CC2(CCCC2)C1=O. The molecule has 0 radical (unpaired) electrons. The predicted molar refractivity (Wildman–Crippen MR) is 63.7 cm³/mol. The zero-order chi connectivity index (χ0) is 13.2. The number of imide groups is 1. The van der Waals surface area contributed by atoms with Gasteiger partial charge in [0.25, 0.3) is 0 Å². The van der Waals surface area contributed by atoms with Gasteiger partial charge in [0.1, 0.15) is 0 Å². The maximum absolute atomic E-state index is 12.3. The van der Waals surface area contributed by atoms with Crippen molar-refractivity contribution in [3.63, 3.8) is 0 Å². The van der Waals surface area contributed by atoms with Crippen molar-refractivity contribution in [1.29, 1.82) is 0 Å². The molecule has 1 N–H and O–H groups in total. The summed E-state index contributed by atoms with van der Waals surface area (Å²) in [5, 5.41) is 8.53. The first-order valence-corrected chi connectivity index (χ1v) is 6.62. The largest absolute Gasteiger partial charge is 0.481 e. The molecular weight excluding hydrogens is 234 g/mol. The number of unbranched alkanes of at least 4 members (excludes halogenated alkanes) is 1. The summed E-state index contributed by atoms with van der Waals surface area (Å²) >= 11 is 0. The molecule has 1 saturated heterocycles. The van der Waals surface area contributed by atoms with E-state index in [-0.39, 0.29) is 18.2 Å². The zero-order valence-electron chi connectivity index (χ0n) is 10.5. The second kappa shape index (κ2) is 5.08. The molecular formula is C13H19NO4. The van der Waals surface area contributed by atoms with Crippen molar-refractivity contribution in [2.75, 3.05) is 6.54 Å². The summed E-state index contributed by atoms with van der Waals surface area (Å²) in [4.78, 5) is 35.9. The fourth-order valence-electron chi connectivity index (χ4n) is 3.07. The van der Waals surface area contributed by atoms with Crippen molar-refractivity contribution < 1.29 is 19.5 Å². The van der Waals surface area contributed by atoms with Crippen LogP contribution in [-0.4, -0.2) is 34.3 Å². The third-order valence-corrected chi connectivity index (χ3v) is 4.07. The van der Waals surface area contributed by atoms with E-state index in [1.807, 2.05) is 0 Å². The fraction of sp³-hybridized carbons (Fsp3) is 0.769. The van der Waals surface area contributed by atoms with Gasteiger partial charge in [0, 0.05) is 19.4 Å². The number of carboxylic acid groups (broad SMARTS) is 1. The predicted octanol–water partition coefficient (Wildman–Crippen LogP) is 1.56. The molecule has 100 valence electrons. The topological polar surface area (TPSA) is 74.7 Å². The number of amides is 2. The van der Waals surface area contributed by atoms with Crippen LogP contribution in [0.5, 0.6) is 0 Å². The molecule has 1 aliphatic heterocycles. The molecule has 0 unspecified atom stereocenters. The van der Waals surface area contributed by atoms with E-state index in [0.717, 1.165) is 25.7 Å². The number of rotatable bonds is 5. The minimum atomic E-state index is -0.832. The molecule has 2 aliphatic rings. The van der Waals surface area contributed by atoms with Gasteiger partial charge in [0.05, 0.1) is 5.41 Å². The summed E-state index contributed by atoms with van der Waals surface area (Å²) in [5.41, 5.74) is -0.399. The van der Waals surface area contributed by atoms with Crippen LogP contribution in [0.3, 0.4) is 0 Å². The molecule has 1 saturated carbocycles. The summed E-state index contributed by atoms with van der Waals surface area (Å²) in [6.07, 6.45) is 5.30. The maximum atomic E-state index is 12.3. The highest BCUT2D eigenvalue weighted by molar-refractivity contribution is 6.06. The highest BCUT2D eigenvalue weighted by Crippen LogP contribution is 2.46. The molecule has 0 atom stereocenters. The Balaban J connectivity index is 1.87. The monoisotopic (exact) mass is 253 g/mol. The van der Waals surface area contributed by atoms with E-state index in [1.165, 1.54) is 4.90 Å². The lowest BCUT2D eigenvalue weighted by molar-refractivity contribution is -0.141. The van der Waals surface area contributed by atoms with Crippen LogP contribution >= 0.6 is 0 Å². The minimum absolute atomic E-state index is 0.0136. The van der Waals surface area contributed by atoms with Gasteiger partial charge in [0.2, 0.25) is 11.8 Å².